The molecule has 0 bridgehead atoms. The van der Waals surface area contributed by atoms with E-state index in [0.717, 1.165) is 17.2 Å². The second-order valence-electron chi connectivity index (χ2n) is 7.77. The first kappa shape index (κ1) is 17.3. The van der Waals surface area contributed by atoms with E-state index in [2.05, 4.69) is 46.1 Å². The summed E-state index contributed by atoms with van der Waals surface area (Å²) in [5.41, 5.74) is 4.58. The molecule has 0 aromatic carbocycles. The van der Waals surface area contributed by atoms with Crippen molar-refractivity contribution >= 4 is 0 Å². The van der Waals surface area contributed by atoms with Crippen molar-refractivity contribution in [2.24, 2.45) is 5.92 Å². The van der Waals surface area contributed by atoms with Gasteiger partial charge in [0.1, 0.15) is 6.33 Å². The van der Waals surface area contributed by atoms with E-state index < -0.39 is 0 Å². The molecule has 0 amide bonds. The highest BCUT2D eigenvalue weighted by molar-refractivity contribution is 5.62. The highest BCUT2D eigenvalue weighted by atomic mass is 15.1. The third-order valence-corrected chi connectivity index (χ3v) is 5.77. The molecule has 1 saturated heterocycles. The largest absolute Gasteiger partial charge is 0.303 e. The number of aromatic nitrogens is 3. The van der Waals surface area contributed by atoms with Gasteiger partial charge in [-0.1, -0.05) is 12.2 Å². The average Bonchev–Trinajstić information content (AvgIpc) is 2.70. The van der Waals surface area contributed by atoms with Crippen molar-refractivity contribution in [2.75, 3.05) is 19.6 Å². The van der Waals surface area contributed by atoms with E-state index in [0.29, 0.717) is 5.92 Å². The number of nitrogens with zero attached hydrogens (tertiary/aromatic N) is 4. The predicted octanol–water partition coefficient (Wildman–Crippen LogP) is 4.38. The molecule has 0 saturated carbocycles. The lowest BCUT2D eigenvalue weighted by Gasteiger charge is -2.34. The van der Waals surface area contributed by atoms with Crippen LogP contribution in [0.3, 0.4) is 0 Å². The minimum atomic E-state index is 0.570. The summed E-state index contributed by atoms with van der Waals surface area (Å²) in [7, 11) is 0. The number of aryl methyl sites for hydroxylation is 1. The summed E-state index contributed by atoms with van der Waals surface area (Å²) in [5.74, 6) is 1.43. The van der Waals surface area contributed by atoms with Crippen LogP contribution in [0.15, 0.2) is 43.0 Å². The van der Waals surface area contributed by atoms with Gasteiger partial charge in [0.2, 0.25) is 0 Å². The Labute approximate surface area is 156 Å². The fraction of sp³-hybridized carbons (Fsp3) is 0.500. The summed E-state index contributed by atoms with van der Waals surface area (Å²) < 4.78 is 0. The third-order valence-electron chi connectivity index (χ3n) is 5.77. The zero-order valence-corrected chi connectivity index (χ0v) is 15.6. The fourth-order valence-corrected chi connectivity index (χ4v) is 4.32. The SMILES string of the molecule is Cc1cc(-c2cncnc2)cc(C2CCN(CC3CC=CCC3)CC2)n1. The van der Waals surface area contributed by atoms with Crippen LogP contribution < -0.4 is 0 Å². The van der Waals surface area contributed by atoms with Gasteiger partial charge in [0.05, 0.1) is 0 Å². The smallest absolute Gasteiger partial charge is 0.115 e. The number of hydrogen-bond acceptors (Lipinski definition) is 4. The maximum Gasteiger partial charge on any atom is 0.115 e. The van der Waals surface area contributed by atoms with Gasteiger partial charge in [0.25, 0.3) is 0 Å². The topological polar surface area (TPSA) is 41.9 Å². The normalized spacial score (nSPS) is 21.8. The van der Waals surface area contributed by atoms with Gasteiger partial charge >= 0.3 is 0 Å². The van der Waals surface area contributed by atoms with E-state index >= 15 is 0 Å². The second-order valence-corrected chi connectivity index (χ2v) is 7.77. The summed E-state index contributed by atoms with van der Waals surface area (Å²) in [6.07, 6.45) is 16.4. The number of piperidine rings is 1. The van der Waals surface area contributed by atoms with Gasteiger partial charge in [0, 0.05) is 41.8 Å². The zero-order valence-electron chi connectivity index (χ0n) is 15.6. The van der Waals surface area contributed by atoms with Crippen LogP contribution in [0.2, 0.25) is 0 Å². The van der Waals surface area contributed by atoms with Crippen molar-refractivity contribution in [3.8, 4) is 11.1 Å². The van der Waals surface area contributed by atoms with Crippen LogP contribution >= 0.6 is 0 Å². The summed E-state index contributed by atoms with van der Waals surface area (Å²) in [6, 6.07) is 4.38. The molecule has 4 heteroatoms. The first-order chi connectivity index (χ1) is 12.8. The van der Waals surface area contributed by atoms with Crippen molar-refractivity contribution in [2.45, 2.75) is 44.9 Å². The lowest BCUT2D eigenvalue weighted by molar-refractivity contribution is 0.176. The van der Waals surface area contributed by atoms with Gasteiger partial charge in [-0.2, -0.15) is 0 Å². The van der Waals surface area contributed by atoms with E-state index in [1.54, 1.807) is 6.33 Å². The molecule has 1 aliphatic carbocycles. The lowest BCUT2D eigenvalue weighted by atomic mass is 9.89. The molecule has 136 valence electrons. The first-order valence-electron chi connectivity index (χ1n) is 9.89. The van der Waals surface area contributed by atoms with Gasteiger partial charge in [-0.05, 0) is 75.7 Å². The molecule has 2 aliphatic rings. The van der Waals surface area contributed by atoms with Crippen molar-refractivity contribution in [1.29, 1.82) is 0 Å². The second kappa shape index (κ2) is 8.09. The summed E-state index contributed by atoms with van der Waals surface area (Å²) in [6.45, 7) is 5.75. The van der Waals surface area contributed by atoms with E-state index in [9.17, 15) is 0 Å². The lowest BCUT2D eigenvalue weighted by Crippen LogP contribution is -2.37. The maximum absolute atomic E-state index is 4.86. The van der Waals surface area contributed by atoms with E-state index in [-0.39, 0.29) is 0 Å². The summed E-state index contributed by atoms with van der Waals surface area (Å²) in [4.78, 5) is 15.8. The summed E-state index contributed by atoms with van der Waals surface area (Å²) >= 11 is 0. The fourth-order valence-electron chi connectivity index (χ4n) is 4.32. The van der Waals surface area contributed by atoms with Gasteiger partial charge < -0.3 is 4.90 Å². The van der Waals surface area contributed by atoms with Gasteiger partial charge in [-0.3, -0.25) is 4.98 Å². The molecular weight excluding hydrogens is 320 g/mol. The van der Waals surface area contributed by atoms with Crippen LogP contribution in [0.25, 0.3) is 11.1 Å². The molecule has 1 unspecified atom stereocenters. The van der Waals surface area contributed by atoms with Crippen molar-refractivity contribution in [3.63, 3.8) is 0 Å². The van der Waals surface area contributed by atoms with Crippen molar-refractivity contribution < 1.29 is 0 Å². The number of hydrogen-bond donors (Lipinski definition) is 0. The minimum Gasteiger partial charge on any atom is -0.303 e. The Bertz CT molecular complexity index is 748. The Hall–Kier alpha value is -2.07. The van der Waals surface area contributed by atoms with Crippen LogP contribution in [0.5, 0.6) is 0 Å². The molecule has 0 N–H and O–H groups in total. The van der Waals surface area contributed by atoms with Crippen LogP contribution in [0.1, 0.15) is 49.4 Å². The Morgan fingerprint density at radius 1 is 1.00 bits per heavy atom. The van der Waals surface area contributed by atoms with E-state index in [1.165, 1.54) is 63.0 Å². The minimum absolute atomic E-state index is 0.570. The Kier molecular flexibility index (Phi) is 5.40. The highest BCUT2D eigenvalue weighted by Gasteiger charge is 2.24. The molecule has 1 aliphatic heterocycles. The number of pyridine rings is 1. The Morgan fingerprint density at radius 3 is 2.54 bits per heavy atom. The zero-order chi connectivity index (χ0) is 17.8. The van der Waals surface area contributed by atoms with Gasteiger partial charge in [0.15, 0.2) is 0 Å². The average molecular weight is 348 g/mol. The first-order valence-corrected chi connectivity index (χ1v) is 9.89. The Morgan fingerprint density at radius 2 is 1.81 bits per heavy atom. The quantitative estimate of drug-likeness (QED) is 0.769. The molecule has 3 heterocycles. The van der Waals surface area contributed by atoms with Crippen LogP contribution in [-0.4, -0.2) is 39.5 Å². The molecule has 4 rings (SSSR count). The maximum atomic E-state index is 4.86. The molecule has 0 radical (unpaired) electrons. The molecule has 4 nitrogen and oxygen atoms in total. The molecule has 0 spiro atoms. The van der Waals surface area contributed by atoms with Crippen molar-refractivity contribution in [3.05, 3.63) is 54.4 Å². The van der Waals surface area contributed by atoms with Crippen LogP contribution in [0, 0.1) is 12.8 Å². The molecule has 26 heavy (non-hydrogen) atoms. The third kappa shape index (κ3) is 4.18. The molecule has 2 aromatic heterocycles. The number of likely N-dealkylation sites (tertiary alicyclic amines) is 1. The van der Waals surface area contributed by atoms with E-state index in [1.807, 2.05) is 12.4 Å². The highest BCUT2D eigenvalue weighted by Crippen LogP contribution is 2.31. The molecular formula is C22H28N4. The molecule has 2 aromatic rings. The number of rotatable bonds is 4. The van der Waals surface area contributed by atoms with Crippen molar-refractivity contribution in [1.82, 2.24) is 19.9 Å². The Balaban J connectivity index is 1.41. The standard InChI is InChI=1S/C22H28N4/c1-17-11-20(21-13-23-16-24-14-21)12-22(25-17)19-7-9-26(10-8-19)15-18-5-3-2-4-6-18/h2-3,11-14,16,18-19H,4-10,15H2,1H3. The monoisotopic (exact) mass is 348 g/mol. The number of allylic oxidation sites excluding steroid dienone is 2. The van der Waals surface area contributed by atoms with Gasteiger partial charge in [-0.25, -0.2) is 9.97 Å². The van der Waals surface area contributed by atoms with Crippen LogP contribution in [0.4, 0.5) is 0 Å². The van der Waals surface area contributed by atoms with Gasteiger partial charge in [-0.15, -0.1) is 0 Å². The summed E-state index contributed by atoms with van der Waals surface area (Å²) in [5, 5.41) is 0. The molecule has 1 atom stereocenters. The molecule has 1 fully saturated rings. The predicted molar refractivity (Wildman–Crippen MR) is 105 cm³/mol. The van der Waals surface area contributed by atoms with Crippen LogP contribution in [-0.2, 0) is 0 Å². The van der Waals surface area contributed by atoms with E-state index in [4.69, 9.17) is 4.98 Å².